The molecule has 0 bridgehead atoms. The maximum atomic E-state index is 11.8. The van der Waals surface area contributed by atoms with Crippen molar-refractivity contribution in [2.24, 2.45) is 0 Å². The minimum atomic E-state index is -0.372. The third-order valence-corrected chi connectivity index (χ3v) is 3.09. The van der Waals surface area contributed by atoms with Gasteiger partial charge in [0, 0.05) is 15.5 Å². The monoisotopic (exact) mass is 278 g/mol. The van der Waals surface area contributed by atoms with E-state index in [2.05, 4.69) is 12.6 Å². The van der Waals surface area contributed by atoms with Gasteiger partial charge >= 0.3 is 5.97 Å². The molecule has 2 rings (SSSR count). The van der Waals surface area contributed by atoms with Gasteiger partial charge in [-0.25, -0.2) is 4.79 Å². The van der Waals surface area contributed by atoms with Gasteiger partial charge in [-0.2, -0.15) is 0 Å². The summed E-state index contributed by atoms with van der Waals surface area (Å²) in [5, 5.41) is 0.594. The van der Waals surface area contributed by atoms with Crippen LogP contribution >= 0.6 is 24.2 Å². The van der Waals surface area contributed by atoms with Crippen LogP contribution in [0.4, 0.5) is 0 Å². The third-order valence-electron chi connectivity index (χ3n) is 2.42. The fourth-order valence-corrected chi connectivity index (χ4v) is 1.78. The molecule has 4 heteroatoms. The Labute approximate surface area is 116 Å². The second-order valence-corrected chi connectivity index (χ2v) is 4.64. The minimum Gasteiger partial charge on any atom is -0.457 e. The Morgan fingerprint density at radius 1 is 1.11 bits per heavy atom. The predicted octanol–water partition coefficient (Wildman–Crippen LogP) is 3.99. The average molecular weight is 279 g/mol. The molecule has 0 saturated heterocycles. The number of ether oxygens (including phenoxy) is 1. The zero-order valence-electron chi connectivity index (χ0n) is 9.47. The Morgan fingerprint density at radius 2 is 1.78 bits per heavy atom. The second-order valence-electron chi connectivity index (χ2n) is 3.71. The molecule has 2 aromatic rings. The summed E-state index contributed by atoms with van der Waals surface area (Å²) in [6, 6.07) is 14.1. The number of esters is 1. The molecular formula is C14H11ClO2S. The first-order chi connectivity index (χ1) is 8.66. The van der Waals surface area contributed by atoms with Crippen LogP contribution < -0.4 is 0 Å². The highest BCUT2D eigenvalue weighted by Crippen LogP contribution is 2.16. The minimum absolute atomic E-state index is 0.168. The highest BCUT2D eigenvalue weighted by atomic mass is 35.5. The van der Waals surface area contributed by atoms with Crippen LogP contribution in [0, 0.1) is 0 Å². The van der Waals surface area contributed by atoms with Crippen molar-refractivity contribution in [3.05, 3.63) is 64.7 Å². The van der Waals surface area contributed by atoms with Crippen molar-refractivity contribution >= 4 is 30.2 Å². The number of carbonyl (C=O) groups excluding carboxylic acids is 1. The van der Waals surface area contributed by atoms with Crippen LogP contribution in [-0.4, -0.2) is 5.97 Å². The molecular weight excluding hydrogens is 268 g/mol. The van der Waals surface area contributed by atoms with Crippen LogP contribution in [0.1, 0.15) is 15.9 Å². The fraction of sp³-hybridized carbons (Fsp3) is 0.0714. The topological polar surface area (TPSA) is 26.3 Å². The van der Waals surface area contributed by atoms with Gasteiger partial charge in [-0.1, -0.05) is 29.8 Å². The highest BCUT2D eigenvalue weighted by molar-refractivity contribution is 7.80. The molecule has 0 fully saturated rings. The molecule has 0 heterocycles. The summed E-state index contributed by atoms with van der Waals surface area (Å²) in [5.74, 6) is -0.372. The lowest BCUT2D eigenvalue weighted by Crippen LogP contribution is -2.05. The van der Waals surface area contributed by atoms with E-state index in [9.17, 15) is 4.79 Å². The van der Waals surface area contributed by atoms with Crippen molar-refractivity contribution in [3.63, 3.8) is 0 Å². The van der Waals surface area contributed by atoms with E-state index in [0.717, 1.165) is 10.5 Å². The first-order valence-electron chi connectivity index (χ1n) is 5.36. The lowest BCUT2D eigenvalue weighted by molar-refractivity contribution is 0.0473. The largest absolute Gasteiger partial charge is 0.457 e. The zero-order chi connectivity index (χ0) is 13.0. The number of halogens is 1. The molecule has 0 unspecified atom stereocenters. The van der Waals surface area contributed by atoms with Gasteiger partial charge in [-0.05, 0) is 30.3 Å². The first kappa shape index (κ1) is 13.0. The summed E-state index contributed by atoms with van der Waals surface area (Å²) < 4.78 is 5.19. The number of benzene rings is 2. The van der Waals surface area contributed by atoms with Gasteiger partial charge in [0.25, 0.3) is 0 Å². The Kier molecular flexibility index (Phi) is 4.28. The van der Waals surface area contributed by atoms with E-state index in [-0.39, 0.29) is 12.6 Å². The van der Waals surface area contributed by atoms with E-state index >= 15 is 0 Å². The first-order valence-corrected chi connectivity index (χ1v) is 6.19. The zero-order valence-corrected chi connectivity index (χ0v) is 11.1. The maximum absolute atomic E-state index is 11.8. The number of hydrogen-bond acceptors (Lipinski definition) is 3. The van der Waals surface area contributed by atoms with E-state index in [4.69, 9.17) is 16.3 Å². The summed E-state index contributed by atoms with van der Waals surface area (Å²) >= 11 is 10.1. The van der Waals surface area contributed by atoms with Crippen molar-refractivity contribution in [1.82, 2.24) is 0 Å². The van der Waals surface area contributed by atoms with Crippen molar-refractivity contribution in [2.45, 2.75) is 11.5 Å². The molecule has 0 aliphatic carbocycles. The van der Waals surface area contributed by atoms with E-state index < -0.39 is 0 Å². The number of hydrogen-bond donors (Lipinski definition) is 1. The summed E-state index contributed by atoms with van der Waals surface area (Å²) in [4.78, 5) is 12.6. The van der Waals surface area contributed by atoms with E-state index in [1.165, 1.54) is 0 Å². The van der Waals surface area contributed by atoms with Crippen LogP contribution in [-0.2, 0) is 11.3 Å². The summed E-state index contributed by atoms with van der Waals surface area (Å²) in [7, 11) is 0. The molecule has 0 amide bonds. The lowest BCUT2D eigenvalue weighted by atomic mass is 10.2. The fourth-order valence-electron chi connectivity index (χ4n) is 1.44. The molecule has 0 N–H and O–H groups in total. The van der Waals surface area contributed by atoms with Gasteiger partial charge in [-0.3, -0.25) is 0 Å². The molecule has 18 heavy (non-hydrogen) atoms. The lowest BCUT2D eigenvalue weighted by Gasteiger charge is -2.06. The van der Waals surface area contributed by atoms with Crippen molar-refractivity contribution in [3.8, 4) is 0 Å². The average Bonchev–Trinajstić information content (AvgIpc) is 2.38. The maximum Gasteiger partial charge on any atom is 0.338 e. The molecule has 0 atom stereocenters. The van der Waals surface area contributed by atoms with Gasteiger partial charge in [0.15, 0.2) is 0 Å². The van der Waals surface area contributed by atoms with Crippen LogP contribution in [0.15, 0.2) is 53.4 Å². The van der Waals surface area contributed by atoms with Crippen LogP contribution in [0.5, 0.6) is 0 Å². The van der Waals surface area contributed by atoms with Crippen molar-refractivity contribution in [1.29, 1.82) is 0 Å². The molecule has 0 radical (unpaired) electrons. The van der Waals surface area contributed by atoms with Crippen molar-refractivity contribution < 1.29 is 9.53 Å². The van der Waals surface area contributed by atoms with Crippen LogP contribution in [0.3, 0.4) is 0 Å². The molecule has 92 valence electrons. The van der Waals surface area contributed by atoms with E-state index in [1.54, 1.807) is 30.3 Å². The molecule has 0 spiro atoms. The molecule has 0 saturated carbocycles. The van der Waals surface area contributed by atoms with Gasteiger partial charge in [0.05, 0.1) is 5.56 Å². The number of carbonyl (C=O) groups is 1. The van der Waals surface area contributed by atoms with E-state index in [0.29, 0.717) is 10.6 Å². The molecule has 0 aromatic heterocycles. The van der Waals surface area contributed by atoms with Gasteiger partial charge in [-0.15, -0.1) is 12.6 Å². The standard InChI is InChI=1S/C14H11ClO2S/c15-13-4-2-1-3-11(13)9-17-14(16)10-5-7-12(18)8-6-10/h1-8,18H,9H2. The summed E-state index contributed by atoms with van der Waals surface area (Å²) in [5.41, 5.74) is 1.29. The quantitative estimate of drug-likeness (QED) is 0.679. The molecule has 2 nitrogen and oxygen atoms in total. The molecule has 0 aliphatic heterocycles. The Morgan fingerprint density at radius 3 is 2.44 bits per heavy atom. The number of rotatable bonds is 3. The summed E-state index contributed by atoms with van der Waals surface area (Å²) in [6.07, 6.45) is 0. The Bertz CT molecular complexity index is 552. The third kappa shape index (κ3) is 3.28. The summed E-state index contributed by atoms with van der Waals surface area (Å²) in [6.45, 7) is 0.168. The smallest absolute Gasteiger partial charge is 0.338 e. The number of thiol groups is 1. The normalized spacial score (nSPS) is 10.1. The van der Waals surface area contributed by atoms with Crippen LogP contribution in [0.2, 0.25) is 5.02 Å². The van der Waals surface area contributed by atoms with Crippen LogP contribution in [0.25, 0.3) is 0 Å². The second kappa shape index (κ2) is 5.94. The van der Waals surface area contributed by atoms with Gasteiger partial charge < -0.3 is 4.74 Å². The molecule has 0 aliphatic rings. The van der Waals surface area contributed by atoms with Gasteiger partial charge in [0.2, 0.25) is 0 Å². The highest BCUT2D eigenvalue weighted by Gasteiger charge is 2.08. The predicted molar refractivity (Wildman–Crippen MR) is 74.3 cm³/mol. The molecule has 2 aromatic carbocycles. The Hall–Kier alpha value is -1.45. The van der Waals surface area contributed by atoms with Gasteiger partial charge in [0.1, 0.15) is 6.61 Å². The Balaban J connectivity index is 2.01. The van der Waals surface area contributed by atoms with Crippen molar-refractivity contribution in [2.75, 3.05) is 0 Å². The van der Waals surface area contributed by atoms with E-state index in [1.807, 2.05) is 18.2 Å². The SMILES string of the molecule is O=C(OCc1ccccc1Cl)c1ccc(S)cc1.